The summed E-state index contributed by atoms with van der Waals surface area (Å²) in [5.74, 6) is -0.503. The zero-order chi connectivity index (χ0) is 19.9. The average molecular weight is 367 g/mol. The average Bonchev–Trinajstić information content (AvgIpc) is 2.64. The second-order valence-corrected chi connectivity index (χ2v) is 7.76. The van der Waals surface area contributed by atoms with Crippen LogP contribution in [-0.4, -0.2) is 18.4 Å². The van der Waals surface area contributed by atoms with Crippen molar-refractivity contribution in [2.45, 2.75) is 46.0 Å². The van der Waals surface area contributed by atoms with Crippen molar-refractivity contribution in [3.63, 3.8) is 0 Å². The largest absolute Gasteiger partial charge is 0.376 e. The summed E-state index contributed by atoms with van der Waals surface area (Å²) in [6.07, 6.45) is 0.953. The molecular weight excluding hydrogens is 338 g/mol. The lowest BCUT2D eigenvalue weighted by Gasteiger charge is -2.19. The van der Waals surface area contributed by atoms with Gasteiger partial charge in [0.2, 0.25) is 5.91 Å². The van der Waals surface area contributed by atoms with Gasteiger partial charge in [0.15, 0.2) is 0 Å². The first-order valence-corrected chi connectivity index (χ1v) is 9.22. The molecule has 0 aliphatic rings. The number of amides is 2. The number of hydrogen-bond donors (Lipinski definition) is 3. The first-order valence-electron chi connectivity index (χ1n) is 9.22. The minimum Gasteiger partial charge on any atom is -0.376 e. The summed E-state index contributed by atoms with van der Waals surface area (Å²) >= 11 is 0. The van der Waals surface area contributed by atoms with Gasteiger partial charge in [-0.15, -0.1) is 0 Å². The van der Waals surface area contributed by atoms with Gasteiger partial charge in [0.05, 0.1) is 6.54 Å². The fourth-order valence-electron chi connectivity index (χ4n) is 2.53. The normalized spacial score (nSPS) is 11.0. The topological polar surface area (TPSA) is 70.2 Å². The van der Waals surface area contributed by atoms with Gasteiger partial charge in [0.25, 0.3) is 5.91 Å². The maximum absolute atomic E-state index is 11.9. The smallest absolute Gasteiger partial charge is 0.257 e. The van der Waals surface area contributed by atoms with E-state index in [0.717, 1.165) is 16.8 Å². The van der Waals surface area contributed by atoms with E-state index in [2.05, 4.69) is 61.2 Å². The third-order valence-corrected chi connectivity index (χ3v) is 4.31. The van der Waals surface area contributed by atoms with E-state index in [1.807, 2.05) is 31.2 Å². The first kappa shape index (κ1) is 20.5. The molecule has 0 heterocycles. The number of rotatable bonds is 6. The highest BCUT2D eigenvalue weighted by Crippen LogP contribution is 2.22. The number of benzene rings is 2. The Hall–Kier alpha value is -2.82. The lowest BCUT2D eigenvalue weighted by molar-refractivity contribution is -0.128. The van der Waals surface area contributed by atoms with Crippen LogP contribution < -0.4 is 16.2 Å². The third kappa shape index (κ3) is 7.13. The van der Waals surface area contributed by atoms with Gasteiger partial charge in [-0.3, -0.25) is 20.4 Å². The molecule has 0 fully saturated rings. The van der Waals surface area contributed by atoms with E-state index in [1.54, 1.807) is 0 Å². The molecule has 0 bridgehead atoms. The zero-order valence-corrected chi connectivity index (χ0v) is 16.6. The molecule has 2 aromatic rings. The fraction of sp³-hybridized carbons (Fsp3) is 0.364. The molecule has 5 heteroatoms. The summed E-state index contributed by atoms with van der Waals surface area (Å²) in [4.78, 5) is 23.7. The van der Waals surface area contributed by atoms with Crippen LogP contribution in [0.4, 0.5) is 5.69 Å². The Morgan fingerprint density at radius 2 is 1.44 bits per heavy atom. The van der Waals surface area contributed by atoms with Crippen LogP contribution in [0.25, 0.3) is 0 Å². The van der Waals surface area contributed by atoms with E-state index in [0.29, 0.717) is 12.8 Å². The maximum Gasteiger partial charge on any atom is 0.257 e. The van der Waals surface area contributed by atoms with Crippen molar-refractivity contribution in [2.24, 2.45) is 0 Å². The summed E-state index contributed by atoms with van der Waals surface area (Å²) in [7, 11) is 0. The lowest BCUT2D eigenvalue weighted by Crippen LogP contribution is -2.44. The highest BCUT2D eigenvalue weighted by molar-refractivity contribution is 5.84. The van der Waals surface area contributed by atoms with E-state index in [1.165, 1.54) is 5.56 Å². The molecule has 0 spiro atoms. The monoisotopic (exact) mass is 367 g/mol. The number of aryl methyl sites for hydroxylation is 2. The number of carbonyl (C=O) groups excluding carboxylic acids is 2. The first-order chi connectivity index (χ1) is 12.7. The third-order valence-electron chi connectivity index (χ3n) is 4.31. The number of carbonyl (C=O) groups is 2. The molecule has 0 radical (unpaired) electrons. The highest BCUT2D eigenvalue weighted by Gasteiger charge is 2.13. The van der Waals surface area contributed by atoms with Crippen molar-refractivity contribution in [1.82, 2.24) is 10.9 Å². The van der Waals surface area contributed by atoms with Crippen LogP contribution in [0.2, 0.25) is 0 Å². The van der Waals surface area contributed by atoms with Crippen LogP contribution in [0.1, 0.15) is 43.9 Å². The quantitative estimate of drug-likeness (QED) is 0.685. The second-order valence-electron chi connectivity index (χ2n) is 7.76. The van der Waals surface area contributed by atoms with Crippen LogP contribution in [0.15, 0.2) is 48.5 Å². The Kier molecular flexibility index (Phi) is 6.99. The molecule has 27 heavy (non-hydrogen) atoms. The fourth-order valence-corrected chi connectivity index (χ4v) is 2.53. The molecule has 2 rings (SSSR count). The Morgan fingerprint density at radius 1 is 0.852 bits per heavy atom. The van der Waals surface area contributed by atoms with Gasteiger partial charge in [0, 0.05) is 12.1 Å². The minimum absolute atomic E-state index is 0.0948. The summed E-state index contributed by atoms with van der Waals surface area (Å²) in [5.41, 5.74) is 9.39. The van der Waals surface area contributed by atoms with Gasteiger partial charge >= 0.3 is 0 Å². The van der Waals surface area contributed by atoms with Gasteiger partial charge in [-0.1, -0.05) is 62.7 Å². The van der Waals surface area contributed by atoms with Crippen molar-refractivity contribution in [1.29, 1.82) is 0 Å². The van der Waals surface area contributed by atoms with E-state index in [4.69, 9.17) is 0 Å². The lowest BCUT2D eigenvalue weighted by atomic mass is 9.86. The Bertz CT molecular complexity index is 760. The molecule has 0 aliphatic heterocycles. The molecule has 0 aliphatic carbocycles. The molecule has 2 amide bonds. The SMILES string of the molecule is Cc1ccc(NCC(=O)NNC(=O)CCc2ccc(C(C)(C)C)cc2)cc1. The molecule has 144 valence electrons. The van der Waals surface area contributed by atoms with Crippen molar-refractivity contribution < 1.29 is 9.59 Å². The van der Waals surface area contributed by atoms with Gasteiger partial charge in [0.1, 0.15) is 0 Å². The summed E-state index contributed by atoms with van der Waals surface area (Å²) in [6, 6.07) is 16.1. The summed E-state index contributed by atoms with van der Waals surface area (Å²) < 4.78 is 0. The number of hydrogen-bond acceptors (Lipinski definition) is 3. The van der Waals surface area contributed by atoms with Crippen molar-refractivity contribution in [3.05, 3.63) is 65.2 Å². The van der Waals surface area contributed by atoms with Crippen LogP contribution >= 0.6 is 0 Å². The van der Waals surface area contributed by atoms with E-state index in [-0.39, 0.29) is 23.8 Å². The highest BCUT2D eigenvalue weighted by atomic mass is 16.2. The van der Waals surface area contributed by atoms with Crippen molar-refractivity contribution in [2.75, 3.05) is 11.9 Å². The maximum atomic E-state index is 11.9. The molecular formula is C22H29N3O2. The van der Waals surface area contributed by atoms with E-state index in [9.17, 15) is 9.59 Å². The van der Waals surface area contributed by atoms with Crippen LogP contribution in [-0.2, 0) is 21.4 Å². The molecule has 0 atom stereocenters. The number of nitrogens with one attached hydrogen (secondary N) is 3. The second kappa shape index (κ2) is 9.21. The Morgan fingerprint density at radius 3 is 2.04 bits per heavy atom. The molecule has 2 aromatic carbocycles. The van der Waals surface area contributed by atoms with Gasteiger partial charge in [-0.2, -0.15) is 0 Å². The van der Waals surface area contributed by atoms with Gasteiger partial charge < -0.3 is 5.32 Å². The Labute approximate surface area is 161 Å². The van der Waals surface area contributed by atoms with E-state index >= 15 is 0 Å². The zero-order valence-electron chi connectivity index (χ0n) is 16.6. The van der Waals surface area contributed by atoms with Crippen molar-refractivity contribution in [3.8, 4) is 0 Å². The molecule has 0 saturated carbocycles. The van der Waals surface area contributed by atoms with Crippen LogP contribution in [0.5, 0.6) is 0 Å². The predicted molar refractivity (Wildman–Crippen MR) is 109 cm³/mol. The standard InChI is InChI=1S/C22H29N3O2/c1-16-5-12-19(13-6-16)23-15-21(27)25-24-20(26)14-9-17-7-10-18(11-8-17)22(2,3)4/h5-8,10-13,23H,9,14-15H2,1-4H3,(H,24,26)(H,25,27). The van der Waals surface area contributed by atoms with Crippen LogP contribution in [0.3, 0.4) is 0 Å². The number of hydrazine groups is 1. The van der Waals surface area contributed by atoms with Crippen molar-refractivity contribution >= 4 is 17.5 Å². The Balaban J connectivity index is 1.68. The molecule has 5 nitrogen and oxygen atoms in total. The predicted octanol–water partition coefficient (Wildman–Crippen LogP) is 3.48. The van der Waals surface area contributed by atoms with E-state index < -0.39 is 0 Å². The summed E-state index contributed by atoms with van der Waals surface area (Å²) in [5, 5.41) is 3.01. The summed E-state index contributed by atoms with van der Waals surface area (Å²) in [6.45, 7) is 8.62. The molecule has 0 unspecified atom stereocenters. The molecule has 3 N–H and O–H groups in total. The van der Waals surface area contributed by atoms with Gasteiger partial charge in [-0.05, 0) is 42.0 Å². The minimum atomic E-state index is -0.293. The number of anilines is 1. The molecule has 0 aromatic heterocycles. The van der Waals surface area contributed by atoms with Gasteiger partial charge in [-0.25, -0.2) is 0 Å². The molecule has 0 saturated heterocycles. The van der Waals surface area contributed by atoms with Crippen LogP contribution in [0, 0.1) is 6.92 Å².